The number of benzene rings is 1. The summed E-state index contributed by atoms with van der Waals surface area (Å²) in [5, 5.41) is 13.5. The summed E-state index contributed by atoms with van der Waals surface area (Å²) >= 11 is 0. The molecule has 0 radical (unpaired) electrons. The number of rotatable bonds is 8. The van der Waals surface area contributed by atoms with Gasteiger partial charge in [-0.15, -0.1) is 24.8 Å². The number of fused-ring (bicyclic) bond motifs is 3. The Morgan fingerprint density at radius 2 is 1.81 bits per heavy atom. The van der Waals surface area contributed by atoms with Crippen LogP contribution in [-0.4, -0.2) is 55.4 Å². The zero-order chi connectivity index (χ0) is 22.1. The van der Waals surface area contributed by atoms with Crippen molar-refractivity contribution < 1.29 is 19.4 Å². The highest BCUT2D eigenvalue weighted by molar-refractivity contribution is 5.85. The topological polar surface area (TPSA) is 71.0 Å². The Labute approximate surface area is 205 Å². The van der Waals surface area contributed by atoms with Gasteiger partial charge in [-0.05, 0) is 60.3 Å². The standard InChI is InChI=1S/C24H38N2O4.2ClH/c1-15(2)14-24(3,4)22(23(27)28)25-17-8-10-26-9-7-16-11-20(29-5)21(30-6)13-18(16)19(26)12-17;;/h11,13,15,17,19,22,25H,7-10,12,14H2,1-6H3,(H,27,28);2*1H/t17?,19-,22+;;/m1../s1. The number of halogens is 2. The minimum Gasteiger partial charge on any atom is -0.493 e. The van der Waals surface area contributed by atoms with Crippen LogP contribution in [0.3, 0.4) is 0 Å². The lowest BCUT2D eigenvalue weighted by molar-refractivity contribution is -0.143. The fourth-order valence-corrected chi connectivity index (χ4v) is 5.52. The molecule has 32 heavy (non-hydrogen) atoms. The number of aliphatic carboxylic acids is 1. The Morgan fingerprint density at radius 1 is 1.19 bits per heavy atom. The van der Waals surface area contributed by atoms with Gasteiger partial charge in [0.25, 0.3) is 0 Å². The summed E-state index contributed by atoms with van der Waals surface area (Å²) in [4.78, 5) is 14.7. The number of ether oxygens (including phenoxy) is 2. The predicted molar refractivity (Wildman–Crippen MR) is 133 cm³/mol. The van der Waals surface area contributed by atoms with E-state index in [1.165, 1.54) is 11.1 Å². The molecule has 2 heterocycles. The van der Waals surface area contributed by atoms with E-state index in [-0.39, 0.29) is 42.3 Å². The molecule has 1 aromatic carbocycles. The highest BCUT2D eigenvalue weighted by atomic mass is 35.5. The zero-order valence-electron chi connectivity index (χ0n) is 20.1. The first kappa shape index (κ1) is 28.8. The second kappa shape index (κ2) is 11.8. The Kier molecular flexibility index (Phi) is 10.6. The number of hydrogen-bond donors (Lipinski definition) is 2. The molecule has 2 aliphatic rings. The van der Waals surface area contributed by atoms with E-state index in [2.05, 4.69) is 50.0 Å². The molecule has 1 saturated heterocycles. The lowest BCUT2D eigenvalue weighted by atomic mass is 9.76. The predicted octanol–water partition coefficient (Wildman–Crippen LogP) is 4.72. The van der Waals surface area contributed by atoms with E-state index in [0.29, 0.717) is 5.92 Å². The first-order valence-electron chi connectivity index (χ1n) is 11.1. The average Bonchev–Trinajstić information content (AvgIpc) is 2.69. The lowest BCUT2D eigenvalue weighted by Crippen LogP contribution is -2.55. The Bertz CT molecular complexity index is 773. The third-order valence-corrected chi connectivity index (χ3v) is 6.75. The van der Waals surface area contributed by atoms with Gasteiger partial charge in [0.2, 0.25) is 0 Å². The molecular weight excluding hydrogens is 451 g/mol. The highest BCUT2D eigenvalue weighted by Gasteiger charge is 2.40. The summed E-state index contributed by atoms with van der Waals surface area (Å²) in [5.41, 5.74) is 2.29. The second-order valence-corrected chi connectivity index (χ2v) is 9.95. The molecule has 0 aromatic heterocycles. The minimum atomic E-state index is -0.751. The van der Waals surface area contributed by atoms with Crippen molar-refractivity contribution in [2.45, 2.75) is 71.5 Å². The molecule has 1 unspecified atom stereocenters. The first-order valence-corrected chi connectivity index (χ1v) is 11.1. The molecule has 0 amide bonds. The maximum atomic E-state index is 12.1. The van der Waals surface area contributed by atoms with Crippen molar-refractivity contribution in [3.05, 3.63) is 23.3 Å². The molecule has 3 rings (SSSR count). The molecule has 8 heteroatoms. The van der Waals surface area contributed by atoms with Crippen molar-refractivity contribution in [3.63, 3.8) is 0 Å². The molecule has 0 saturated carbocycles. The second-order valence-electron chi connectivity index (χ2n) is 9.95. The molecule has 0 bridgehead atoms. The van der Waals surface area contributed by atoms with Crippen molar-refractivity contribution in [1.82, 2.24) is 10.2 Å². The number of carboxylic acid groups (broad SMARTS) is 1. The van der Waals surface area contributed by atoms with Crippen LogP contribution in [0.2, 0.25) is 0 Å². The number of nitrogens with one attached hydrogen (secondary N) is 1. The lowest BCUT2D eigenvalue weighted by Gasteiger charge is -2.45. The molecule has 2 N–H and O–H groups in total. The van der Waals surface area contributed by atoms with Gasteiger partial charge in [-0.3, -0.25) is 9.69 Å². The van der Waals surface area contributed by atoms with Crippen LogP contribution >= 0.6 is 24.8 Å². The number of carbonyl (C=O) groups is 1. The zero-order valence-corrected chi connectivity index (χ0v) is 21.8. The van der Waals surface area contributed by atoms with E-state index < -0.39 is 12.0 Å². The third kappa shape index (κ3) is 6.22. The fraction of sp³-hybridized carbons (Fsp3) is 0.708. The number of methoxy groups -OCH3 is 2. The Hall–Kier alpha value is -1.21. The normalized spacial score (nSPS) is 21.5. The van der Waals surface area contributed by atoms with Gasteiger partial charge in [0.15, 0.2) is 11.5 Å². The van der Waals surface area contributed by atoms with Gasteiger partial charge < -0.3 is 19.9 Å². The van der Waals surface area contributed by atoms with E-state index in [1.807, 2.05) is 0 Å². The fourth-order valence-electron chi connectivity index (χ4n) is 5.52. The van der Waals surface area contributed by atoms with Crippen LogP contribution < -0.4 is 14.8 Å². The molecule has 0 spiro atoms. The minimum absolute atomic E-state index is 0. The van der Waals surface area contributed by atoms with E-state index in [1.54, 1.807) is 14.2 Å². The van der Waals surface area contributed by atoms with Gasteiger partial charge >= 0.3 is 5.97 Å². The third-order valence-electron chi connectivity index (χ3n) is 6.75. The molecule has 1 aromatic rings. The monoisotopic (exact) mass is 490 g/mol. The van der Waals surface area contributed by atoms with Gasteiger partial charge in [-0.1, -0.05) is 27.7 Å². The van der Waals surface area contributed by atoms with Crippen LogP contribution in [0, 0.1) is 11.3 Å². The van der Waals surface area contributed by atoms with Gasteiger partial charge in [0, 0.05) is 25.2 Å². The van der Waals surface area contributed by atoms with Crippen LogP contribution in [0.1, 0.15) is 64.1 Å². The smallest absolute Gasteiger partial charge is 0.321 e. The van der Waals surface area contributed by atoms with Crippen LogP contribution in [0.25, 0.3) is 0 Å². The average molecular weight is 492 g/mol. The largest absolute Gasteiger partial charge is 0.493 e. The van der Waals surface area contributed by atoms with Crippen LogP contribution in [-0.2, 0) is 11.2 Å². The van der Waals surface area contributed by atoms with Crippen molar-refractivity contribution in [3.8, 4) is 11.5 Å². The van der Waals surface area contributed by atoms with E-state index in [4.69, 9.17) is 9.47 Å². The van der Waals surface area contributed by atoms with Crippen molar-refractivity contribution in [1.29, 1.82) is 0 Å². The summed E-state index contributed by atoms with van der Waals surface area (Å²) < 4.78 is 11.0. The maximum absolute atomic E-state index is 12.1. The van der Waals surface area contributed by atoms with Crippen LogP contribution in [0.5, 0.6) is 11.5 Å². The number of nitrogens with zero attached hydrogens (tertiary/aromatic N) is 1. The van der Waals surface area contributed by atoms with Gasteiger partial charge in [-0.2, -0.15) is 0 Å². The molecule has 3 atom stereocenters. The van der Waals surface area contributed by atoms with Crippen molar-refractivity contribution in [2.24, 2.45) is 11.3 Å². The summed E-state index contributed by atoms with van der Waals surface area (Å²) in [7, 11) is 3.34. The number of hydrogen-bond acceptors (Lipinski definition) is 5. The molecule has 184 valence electrons. The first-order chi connectivity index (χ1) is 14.2. The summed E-state index contributed by atoms with van der Waals surface area (Å²) in [6.45, 7) is 10.5. The number of carboxylic acids is 1. The molecule has 2 aliphatic heterocycles. The highest BCUT2D eigenvalue weighted by Crippen LogP contribution is 2.42. The SMILES string of the molecule is COc1cc2c(cc1OC)[C@H]1CC(N[C@@H](C(=O)O)C(C)(C)CC(C)C)CCN1CC2.Cl.Cl. The number of piperidine rings is 1. The van der Waals surface area contributed by atoms with Gasteiger partial charge in [-0.25, -0.2) is 0 Å². The van der Waals surface area contributed by atoms with E-state index in [9.17, 15) is 9.90 Å². The summed E-state index contributed by atoms with van der Waals surface area (Å²) in [6.07, 6.45) is 3.76. The quantitative estimate of drug-likeness (QED) is 0.548. The summed E-state index contributed by atoms with van der Waals surface area (Å²) in [6, 6.07) is 4.13. The van der Waals surface area contributed by atoms with Crippen LogP contribution in [0.15, 0.2) is 12.1 Å². The van der Waals surface area contributed by atoms with E-state index >= 15 is 0 Å². The molecule has 1 fully saturated rings. The van der Waals surface area contributed by atoms with Crippen molar-refractivity contribution >= 4 is 30.8 Å². The van der Waals surface area contributed by atoms with E-state index in [0.717, 1.165) is 50.3 Å². The Balaban J connectivity index is 0.00000256. The van der Waals surface area contributed by atoms with Gasteiger partial charge in [0.1, 0.15) is 6.04 Å². The Morgan fingerprint density at radius 3 is 2.38 bits per heavy atom. The van der Waals surface area contributed by atoms with Gasteiger partial charge in [0.05, 0.1) is 14.2 Å². The van der Waals surface area contributed by atoms with Crippen LogP contribution in [0.4, 0.5) is 0 Å². The maximum Gasteiger partial charge on any atom is 0.321 e. The van der Waals surface area contributed by atoms with Crippen molar-refractivity contribution in [2.75, 3.05) is 27.3 Å². The summed E-state index contributed by atoms with van der Waals surface area (Å²) in [5.74, 6) is 1.24. The molecule has 0 aliphatic carbocycles. The molecule has 6 nitrogen and oxygen atoms in total. The molecular formula is C24H40Cl2N2O4.